The van der Waals surface area contributed by atoms with E-state index in [4.69, 9.17) is 23.2 Å². The monoisotopic (exact) mass is 348 g/mol. The van der Waals surface area contributed by atoms with E-state index in [9.17, 15) is 0 Å². The molecule has 0 radical (unpaired) electrons. The molecule has 0 aliphatic carbocycles. The highest BCUT2D eigenvalue weighted by atomic mass is 127. The van der Waals surface area contributed by atoms with Crippen molar-refractivity contribution in [1.29, 1.82) is 0 Å². The Morgan fingerprint density at radius 2 is 1.17 bits per heavy atom. The van der Waals surface area contributed by atoms with Crippen LogP contribution in [0.25, 0.3) is 0 Å². The van der Waals surface area contributed by atoms with Crippen LogP contribution in [0.1, 0.15) is 0 Å². The van der Waals surface area contributed by atoms with Crippen molar-refractivity contribution in [2.24, 2.45) is 0 Å². The van der Waals surface area contributed by atoms with Crippen molar-refractivity contribution in [3.05, 3.63) is 6.08 Å². The predicted octanol–water partition coefficient (Wildman–Crippen LogP) is 3.46. The molecule has 0 nitrogen and oxygen atoms in total. The van der Waals surface area contributed by atoms with Crippen LogP contribution in [-0.2, 0) is 0 Å². The maximum Gasteiger partial charge on any atom is 0.104 e. The fourth-order valence-electron chi connectivity index (χ4n) is 0. The Morgan fingerprint density at radius 1 is 1.00 bits per heavy atom. The van der Waals surface area contributed by atoms with Gasteiger partial charge in [-0.1, -0.05) is 23.2 Å². The highest BCUT2D eigenvalue weighted by molar-refractivity contribution is 14.1. The zero-order valence-electron chi connectivity index (χ0n) is 2.51. The minimum absolute atomic E-state index is 0.620. The van der Waals surface area contributed by atoms with Crippen LogP contribution < -0.4 is 0 Å². The molecule has 0 aromatic rings. The molecule has 0 bridgehead atoms. The van der Waals surface area contributed by atoms with Gasteiger partial charge in [0.05, 0.1) is 0 Å². The van der Waals surface area contributed by atoms with E-state index in [0.717, 1.165) is 0 Å². The van der Waals surface area contributed by atoms with Crippen molar-refractivity contribution < 1.29 is 0 Å². The van der Waals surface area contributed by atoms with Crippen molar-refractivity contribution in [3.63, 3.8) is 0 Å². The number of halogens is 4. The Morgan fingerprint density at radius 3 is 1.17 bits per heavy atom. The van der Waals surface area contributed by atoms with Crippen molar-refractivity contribution >= 4 is 68.4 Å². The van der Waals surface area contributed by atoms with Crippen LogP contribution in [0.3, 0.4) is 0 Å². The summed E-state index contributed by atoms with van der Waals surface area (Å²) >= 11 is 14.6. The zero-order chi connectivity index (χ0) is 5.15. The average Bonchev–Trinajstić information content (AvgIpc) is 1.36. The van der Waals surface area contributed by atoms with Crippen LogP contribution in [0.15, 0.2) is 6.08 Å². The van der Waals surface area contributed by atoms with E-state index >= 15 is 0 Å². The third-order valence-corrected chi connectivity index (χ3v) is 3.37. The second-order valence-electron chi connectivity index (χ2n) is 0.521. The molecule has 0 spiro atoms. The first-order chi connectivity index (χ1) is 2.64. The molecule has 4 heteroatoms. The largest absolute Gasteiger partial charge is 0.104 e. The third-order valence-electron chi connectivity index (χ3n) is 0.143. The van der Waals surface area contributed by atoms with Crippen LogP contribution in [0.5, 0.6) is 0 Å². The van der Waals surface area contributed by atoms with E-state index in [0.29, 0.717) is 6.08 Å². The first kappa shape index (κ1) is 7.78. The Balaban J connectivity index is 3.68. The molecule has 0 N–H and O–H groups in total. The SMILES string of the molecule is Cl/C(I)=C(/Cl)I. The summed E-state index contributed by atoms with van der Waals surface area (Å²) < 4.78 is 1.24. The van der Waals surface area contributed by atoms with Crippen LogP contribution in [0.2, 0.25) is 0 Å². The molecular weight excluding hydrogens is 349 g/mol. The minimum Gasteiger partial charge on any atom is -0.0750 e. The van der Waals surface area contributed by atoms with E-state index in [1.165, 1.54) is 0 Å². The van der Waals surface area contributed by atoms with E-state index < -0.39 is 0 Å². The fraction of sp³-hybridized carbons (Fsp3) is 0. The van der Waals surface area contributed by atoms with Crippen LogP contribution in [0, 0.1) is 0 Å². The zero-order valence-corrected chi connectivity index (χ0v) is 8.34. The molecule has 0 atom stereocenters. The highest BCUT2D eigenvalue weighted by Crippen LogP contribution is 2.25. The molecule has 0 rings (SSSR count). The van der Waals surface area contributed by atoms with Crippen molar-refractivity contribution in [2.75, 3.05) is 0 Å². The van der Waals surface area contributed by atoms with Gasteiger partial charge in [0.1, 0.15) is 6.08 Å². The summed E-state index contributed by atoms with van der Waals surface area (Å²) in [5.74, 6) is 0. The van der Waals surface area contributed by atoms with Crippen molar-refractivity contribution in [1.82, 2.24) is 0 Å². The van der Waals surface area contributed by atoms with Gasteiger partial charge in [0.2, 0.25) is 0 Å². The van der Waals surface area contributed by atoms with Gasteiger partial charge in [-0.3, -0.25) is 0 Å². The quantitative estimate of drug-likeness (QED) is 0.588. The van der Waals surface area contributed by atoms with Crippen LogP contribution in [0.4, 0.5) is 0 Å². The Labute approximate surface area is 73.5 Å². The van der Waals surface area contributed by atoms with Gasteiger partial charge < -0.3 is 0 Å². The number of hydrogen-bond donors (Lipinski definition) is 0. The van der Waals surface area contributed by atoms with Crippen molar-refractivity contribution in [2.45, 2.75) is 0 Å². The lowest BCUT2D eigenvalue weighted by atomic mass is 11.3. The molecule has 0 amide bonds. The number of hydrogen-bond acceptors (Lipinski definition) is 0. The summed E-state index contributed by atoms with van der Waals surface area (Å²) in [6, 6.07) is 0. The molecule has 0 aliphatic heterocycles. The Bertz CT molecular complexity index is 59.6. The van der Waals surface area contributed by atoms with Gasteiger partial charge in [0, 0.05) is 0 Å². The van der Waals surface area contributed by atoms with Crippen LogP contribution in [-0.4, -0.2) is 0 Å². The number of rotatable bonds is 0. The first-order valence-electron chi connectivity index (χ1n) is 1.01. The molecule has 0 fully saturated rings. The van der Waals surface area contributed by atoms with Gasteiger partial charge in [-0.25, -0.2) is 0 Å². The molecule has 0 aliphatic rings. The second kappa shape index (κ2) is 3.74. The smallest absolute Gasteiger partial charge is 0.0750 e. The van der Waals surface area contributed by atoms with E-state index in [1.54, 1.807) is 0 Å². The van der Waals surface area contributed by atoms with E-state index in [1.807, 2.05) is 45.2 Å². The molecule has 0 unspecified atom stereocenters. The summed E-state index contributed by atoms with van der Waals surface area (Å²) in [6.45, 7) is 0. The molecule has 0 aromatic heterocycles. The average molecular weight is 349 g/mol. The van der Waals surface area contributed by atoms with Crippen molar-refractivity contribution in [3.8, 4) is 0 Å². The van der Waals surface area contributed by atoms with Gasteiger partial charge in [0.25, 0.3) is 0 Å². The standard InChI is InChI=1S/C2Cl2I2/c3-1(5)2(4)6/b2-1+. The molecule has 0 heterocycles. The fourth-order valence-corrected chi connectivity index (χ4v) is 0. The second-order valence-corrected chi connectivity index (χ2v) is 4.71. The van der Waals surface area contributed by atoms with Gasteiger partial charge >= 0.3 is 0 Å². The lowest BCUT2D eigenvalue weighted by Crippen LogP contribution is -1.45. The normalized spacial score (nSPS) is 14.0. The first-order valence-corrected chi connectivity index (χ1v) is 3.92. The summed E-state index contributed by atoms with van der Waals surface area (Å²) in [4.78, 5) is 0. The van der Waals surface area contributed by atoms with Gasteiger partial charge in [-0.15, -0.1) is 0 Å². The minimum atomic E-state index is 0.620. The Kier molecular flexibility index (Phi) is 4.85. The third kappa shape index (κ3) is 3.95. The summed E-state index contributed by atoms with van der Waals surface area (Å²) in [7, 11) is 0. The van der Waals surface area contributed by atoms with E-state index in [-0.39, 0.29) is 0 Å². The van der Waals surface area contributed by atoms with E-state index in [2.05, 4.69) is 0 Å². The summed E-state index contributed by atoms with van der Waals surface area (Å²) in [6.07, 6.45) is 0. The predicted molar refractivity (Wildman–Crippen MR) is 46.8 cm³/mol. The topological polar surface area (TPSA) is 0 Å². The lowest BCUT2D eigenvalue weighted by Gasteiger charge is -1.77. The Hall–Kier alpha value is 1.78. The lowest BCUT2D eigenvalue weighted by molar-refractivity contribution is 2.43. The highest BCUT2D eigenvalue weighted by Gasteiger charge is 1.86. The van der Waals surface area contributed by atoms with Crippen LogP contribution >= 0.6 is 68.4 Å². The molecule has 0 saturated heterocycles. The maximum absolute atomic E-state index is 5.34. The molecule has 6 heavy (non-hydrogen) atoms. The maximum atomic E-state index is 5.34. The summed E-state index contributed by atoms with van der Waals surface area (Å²) in [5, 5.41) is 0. The summed E-state index contributed by atoms with van der Waals surface area (Å²) in [5.41, 5.74) is 0. The molecule has 36 valence electrons. The molecular formula is C2Cl2I2. The van der Waals surface area contributed by atoms with Gasteiger partial charge in [-0.2, -0.15) is 0 Å². The molecule has 0 aromatic carbocycles. The van der Waals surface area contributed by atoms with Gasteiger partial charge in [0.15, 0.2) is 0 Å². The molecule has 0 saturated carbocycles. The van der Waals surface area contributed by atoms with Gasteiger partial charge in [-0.05, 0) is 45.2 Å².